The van der Waals surface area contributed by atoms with Crippen LogP contribution in [0.25, 0.3) is 5.69 Å². The molecule has 0 aliphatic carbocycles. The Labute approximate surface area is 87.1 Å². The Bertz CT molecular complexity index is 445. The summed E-state index contributed by atoms with van der Waals surface area (Å²) < 4.78 is 1.75. The predicted molar refractivity (Wildman–Crippen MR) is 57.7 cm³/mol. The minimum absolute atomic E-state index is 0.402. The number of hydrogen-bond acceptors (Lipinski definition) is 2. The fourth-order valence-electron chi connectivity index (χ4n) is 1.28. The fourth-order valence-corrected chi connectivity index (χ4v) is 1.46. The van der Waals surface area contributed by atoms with Crippen LogP contribution < -0.4 is 5.73 Å². The molecule has 0 amide bonds. The monoisotopic (exact) mass is 207 g/mol. The lowest BCUT2D eigenvalue weighted by Crippen LogP contribution is -1.99. The van der Waals surface area contributed by atoms with Crippen molar-refractivity contribution in [2.45, 2.75) is 6.92 Å². The molecule has 0 fully saturated rings. The number of rotatable bonds is 1. The van der Waals surface area contributed by atoms with Gasteiger partial charge in [0.05, 0.1) is 0 Å². The van der Waals surface area contributed by atoms with Crippen LogP contribution >= 0.6 is 11.6 Å². The Morgan fingerprint density at radius 2 is 1.93 bits per heavy atom. The zero-order chi connectivity index (χ0) is 10.1. The van der Waals surface area contributed by atoms with E-state index in [4.69, 9.17) is 17.3 Å². The summed E-state index contributed by atoms with van der Waals surface area (Å²) in [6.07, 6.45) is 1.70. The summed E-state index contributed by atoms with van der Waals surface area (Å²) >= 11 is 5.73. The van der Waals surface area contributed by atoms with Crippen molar-refractivity contribution in [1.82, 2.24) is 9.55 Å². The van der Waals surface area contributed by atoms with Gasteiger partial charge in [0.15, 0.2) is 0 Å². The van der Waals surface area contributed by atoms with Gasteiger partial charge in [0.25, 0.3) is 0 Å². The smallest absolute Gasteiger partial charge is 0.206 e. The molecule has 1 aromatic carbocycles. The maximum absolute atomic E-state index is 5.73. The molecule has 4 heteroatoms. The molecule has 3 nitrogen and oxygen atoms in total. The molecule has 1 heterocycles. The Morgan fingerprint density at radius 3 is 2.43 bits per heavy atom. The highest BCUT2D eigenvalue weighted by atomic mass is 35.5. The van der Waals surface area contributed by atoms with Crippen LogP contribution in [0.5, 0.6) is 0 Å². The maximum Gasteiger partial charge on any atom is 0.206 e. The van der Waals surface area contributed by atoms with E-state index in [2.05, 4.69) is 4.98 Å². The Hall–Kier alpha value is -1.48. The summed E-state index contributed by atoms with van der Waals surface area (Å²) in [5.74, 6) is 0.402. The van der Waals surface area contributed by atoms with Gasteiger partial charge in [-0.3, -0.25) is 4.57 Å². The van der Waals surface area contributed by atoms with E-state index in [1.807, 2.05) is 31.2 Å². The van der Waals surface area contributed by atoms with E-state index >= 15 is 0 Å². The molecule has 72 valence electrons. The number of aromatic nitrogens is 2. The number of hydrogen-bond donors (Lipinski definition) is 1. The van der Waals surface area contributed by atoms with Crippen LogP contribution in [0.2, 0.25) is 5.15 Å². The molecule has 0 spiro atoms. The number of aryl methyl sites for hydroxylation is 1. The third-order valence-electron chi connectivity index (χ3n) is 2.02. The lowest BCUT2D eigenvalue weighted by atomic mass is 10.2. The maximum atomic E-state index is 5.73. The van der Waals surface area contributed by atoms with Crippen LogP contribution in [0.3, 0.4) is 0 Å². The molecular formula is C10H10ClN3. The highest BCUT2D eigenvalue weighted by Crippen LogP contribution is 2.17. The zero-order valence-corrected chi connectivity index (χ0v) is 8.49. The Morgan fingerprint density at radius 1 is 1.29 bits per heavy atom. The molecule has 14 heavy (non-hydrogen) atoms. The van der Waals surface area contributed by atoms with Gasteiger partial charge in [0.2, 0.25) is 5.95 Å². The quantitative estimate of drug-likeness (QED) is 0.781. The summed E-state index contributed by atoms with van der Waals surface area (Å²) in [7, 11) is 0. The second-order valence-electron chi connectivity index (χ2n) is 3.13. The SMILES string of the molecule is Cc1ccc(-n2cc(Cl)nc2N)cc1. The van der Waals surface area contributed by atoms with E-state index in [1.165, 1.54) is 5.56 Å². The molecule has 2 N–H and O–H groups in total. The van der Waals surface area contributed by atoms with Gasteiger partial charge < -0.3 is 5.73 Å². The fraction of sp³-hybridized carbons (Fsp3) is 0.100. The van der Waals surface area contributed by atoms with Gasteiger partial charge in [0.1, 0.15) is 5.15 Å². The average Bonchev–Trinajstić information content (AvgIpc) is 2.47. The van der Waals surface area contributed by atoms with Crippen molar-refractivity contribution >= 4 is 17.5 Å². The van der Waals surface area contributed by atoms with Gasteiger partial charge in [-0.15, -0.1) is 0 Å². The van der Waals surface area contributed by atoms with Gasteiger partial charge in [-0.2, -0.15) is 0 Å². The van der Waals surface area contributed by atoms with Gasteiger partial charge in [-0.25, -0.2) is 4.98 Å². The van der Waals surface area contributed by atoms with E-state index in [0.717, 1.165) is 5.69 Å². The van der Waals surface area contributed by atoms with Gasteiger partial charge in [-0.1, -0.05) is 29.3 Å². The highest BCUT2D eigenvalue weighted by molar-refractivity contribution is 6.29. The topological polar surface area (TPSA) is 43.8 Å². The second kappa shape index (κ2) is 3.35. The van der Waals surface area contributed by atoms with Crippen molar-refractivity contribution in [2.24, 2.45) is 0 Å². The van der Waals surface area contributed by atoms with E-state index in [0.29, 0.717) is 11.1 Å². The molecule has 0 aliphatic heterocycles. The predicted octanol–water partition coefficient (Wildman–Crippen LogP) is 2.42. The summed E-state index contributed by atoms with van der Waals surface area (Å²) in [5.41, 5.74) is 7.85. The largest absolute Gasteiger partial charge is 0.369 e. The molecule has 0 atom stereocenters. The van der Waals surface area contributed by atoms with E-state index in [1.54, 1.807) is 10.8 Å². The first-order valence-electron chi connectivity index (χ1n) is 4.24. The first-order chi connectivity index (χ1) is 6.66. The number of imidazole rings is 1. The van der Waals surface area contributed by atoms with E-state index in [9.17, 15) is 0 Å². The van der Waals surface area contributed by atoms with Crippen LogP contribution in [-0.4, -0.2) is 9.55 Å². The molecule has 0 radical (unpaired) electrons. The summed E-state index contributed by atoms with van der Waals surface area (Å²) in [5, 5.41) is 0.406. The summed E-state index contributed by atoms with van der Waals surface area (Å²) in [6, 6.07) is 7.98. The minimum Gasteiger partial charge on any atom is -0.369 e. The molecule has 2 rings (SSSR count). The molecule has 0 bridgehead atoms. The highest BCUT2D eigenvalue weighted by Gasteiger charge is 2.03. The van der Waals surface area contributed by atoms with Gasteiger partial charge >= 0.3 is 0 Å². The van der Waals surface area contributed by atoms with Crippen molar-refractivity contribution in [1.29, 1.82) is 0 Å². The normalized spacial score (nSPS) is 10.4. The van der Waals surface area contributed by atoms with Crippen molar-refractivity contribution in [2.75, 3.05) is 5.73 Å². The zero-order valence-electron chi connectivity index (χ0n) is 7.74. The van der Waals surface area contributed by atoms with Crippen LogP contribution in [0.4, 0.5) is 5.95 Å². The van der Waals surface area contributed by atoms with E-state index in [-0.39, 0.29) is 0 Å². The van der Waals surface area contributed by atoms with Gasteiger partial charge in [0, 0.05) is 11.9 Å². The van der Waals surface area contributed by atoms with Crippen molar-refractivity contribution in [3.8, 4) is 5.69 Å². The molecule has 0 saturated carbocycles. The van der Waals surface area contributed by atoms with Crippen LogP contribution in [0.1, 0.15) is 5.56 Å². The molecule has 2 aromatic rings. The number of nitrogen functional groups attached to an aromatic ring is 1. The van der Waals surface area contributed by atoms with Crippen LogP contribution in [0, 0.1) is 6.92 Å². The first-order valence-corrected chi connectivity index (χ1v) is 4.62. The number of halogens is 1. The van der Waals surface area contributed by atoms with Crippen LogP contribution in [0.15, 0.2) is 30.5 Å². The lowest BCUT2D eigenvalue weighted by Gasteiger charge is -2.03. The summed E-state index contributed by atoms with van der Waals surface area (Å²) in [4.78, 5) is 3.92. The Kier molecular flexibility index (Phi) is 2.17. The number of benzene rings is 1. The average molecular weight is 208 g/mol. The molecule has 0 saturated heterocycles. The lowest BCUT2D eigenvalue weighted by molar-refractivity contribution is 1.07. The van der Waals surface area contributed by atoms with Crippen molar-refractivity contribution < 1.29 is 0 Å². The van der Waals surface area contributed by atoms with Crippen molar-refractivity contribution in [3.63, 3.8) is 0 Å². The third-order valence-corrected chi connectivity index (χ3v) is 2.20. The summed E-state index contributed by atoms with van der Waals surface area (Å²) in [6.45, 7) is 2.04. The third kappa shape index (κ3) is 1.59. The molecule has 0 aliphatic rings. The number of nitrogens with two attached hydrogens (primary N) is 1. The van der Waals surface area contributed by atoms with Gasteiger partial charge in [-0.05, 0) is 19.1 Å². The standard InChI is InChI=1S/C10H10ClN3/c1-7-2-4-8(5-3-7)14-6-9(11)13-10(14)12/h2-6H,1H3,(H2,12,13). The second-order valence-corrected chi connectivity index (χ2v) is 3.51. The first kappa shape index (κ1) is 9.09. The Balaban J connectivity index is 2.49. The van der Waals surface area contributed by atoms with E-state index < -0.39 is 0 Å². The number of nitrogens with zero attached hydrogens (tertiary/aromatic N) is 2. The van der Waals surface area contributed by atoms with Crippen LogP contribution in [-0.2, 0) is 0 Å². The van der Waals surface area contributed by atoms with Crippen molar-refractivity contribution in [3.05, 3.63) is 41.2 Å². The molecule has 1 aromatic heterocycles. The molecular weight excluding hydrogens is 198 g/mol. The number of anilines is 1. The molecule has 0 unspecified atom stereocenters. The minimum atomic E-state index is 0.402.